The van der Waals surface area contributed by atoms with Gasteiger partial charge in [-0.1, -0.05) is 18.2 Å². The molecule has 0 aliphatic heterocycles. The SMILES string of the molecule is COCC(=O)c1cc(CCc2cnc(Nc3ccccc3)nc2)cc(OC)c1. The summed E-state index contributed by atoms with van der Waals surface area (Å²) in [6, 6.07) is 15.4. The van der Waals surface area contributed by atoms with Crippen LogP contribution in [0.3, 0.4) is 0 Å². The van der Waals surface area contributed by atoms with Gasteiger partial charge in [-0.05, 0) is 54.3 Å². The summed E-state index contributed by atoms with van der Waals surface area (Å²) < 4.78 is 10.3. The number of hydrogen-bond acceptors (Lipinski definition) is 6. The molecule has 0 saturated heterocycles. The first kappa shape index (κ1) is 19.5. The number of nitrogens with zero attached hydrogens (tertiary/aromatic N) is 2. The van der Waals surface area contributed by atoms with Gasteiger partial charge in [0.1, 0.15) is 12.4 Å². The standard InChI is InChI=1S/C22H23N3O3/c1-27-15-21(26)18-10-16(11-20(12-18)28-2)8-9-17-13-23-22(24-14-17)25-19-6-4-3-5-7-19/h3-7,10-14H,8-9,15H2,1-2H3,(H,23,24,25). The average molecular weight is 377 g/mol. The summed E-state index contributed by atoms with van der Waals surface area (Å²) >= 11 is 0. The monoisotopic (exact) mass is 377 g/mol. The minimum Gasteiger partial charge on any atom is -0.497 e. The van der Waals surface area contributed by atoms with E-state index in [1.165, 1.54) is 7.11 Å². The summed E-state index contributed by atoms with van der Waals surface area (Å²) in [7, 11) is 3.10. The van der Waals surface area contributed by atoms with Crippen LogP contribution in [0.5, 0.6) is 5.75 Å². The first-order valence-corrected chi connectivity index (χ1v) is 9.01. The number of ketones is 1. The number of carbonyl (C=O) groups excluding carboxylic acids is 1. The molecule has 6 nitrogen and oxygen atoms in total. The average Bonchev–Trinajstić information content (AvgIpc) is 2.74. The molecule has 3 aromatic rings. The molecule has 0 atom stereocenters. The molecule has 0 spiro atoms. The van der Waals surface area contributed by atoms with Gasteiger partial charge in [-0.25, -0.2) is 9.97 Å². The van der Waals surface area contributed by atoms with Gasteiger partial charge in [-0.15, -0.1) is 0 Å². The molecule has 1 heterocycles. The number of aryl methyl sites for hydroxylation is 2. The van der Waals surface area contributed by atoms with Gasteiger partial charge >= 0.3 is 0 Å². The molecule has 28 heavy (non-hydrogen) atoms. The number of benzene rings is 2. The Morgan fingerprint density at radius 1 is 0.964 bits per heavy atom. The minimum atomic E-state index is -0.0673. The van der Waals surface area contributed by atoms with Crippen molar-refractivity contribution in [2.75, 3.05) is 26.1 Å². The van der Waals surface area contributed by atoms with E-state index in [9.17, 15) is 4.79 Å². The van der Waals surface area contributed by atoms with Crippen molar-refractivity contribution in [3.63, 3.8) is 0 Å². The minimum absolute atomic E-state index is 0.0519. The lowest BCUT2D eigenvalue weighted by molar-refractivity contribution is 0.0847. The largest absolute Gasteiger partial charge is 0.497 e. The molecule has 0 aliphatic rings. The van der Waals surface area contributed by atoms with Crippen LogP contribution in [-0.4, -0.2) is 36.6 Å². The van der Waals surface area contributed by atoms with E-state index in [0.717, 1.165) is 29.7 Å². The Bertz CT molecular complexity index is 912. The Labute approximate surface area is 164 Å². The number of ether oxygens (including phenoxy) is 2. The molecule has 1 N–H and O–H groups in total. The maximum Gasteiger partial charge on any atom is 0.227 e. The van der Waals surface area contributed by atoms with Crippen LogP contribution in [0.15, 0.2) is 60.9 Å². The molecule has 0 saturated carbocycles. The predicted octanol–water partition coefficient (Wildman–Crippen LogP) is 3.84. The third-order valence-corrected chi connectivity index (χ3v) is 4.24. The predicted molar refractivity (Wildman–Crippen MR) is 108 cm³/mol. The van der Waals surface area contributed by atoms with Crippen LogP contribution in [0.25, 0.3) is 0 Å². The fourth-order valence-electron chi connectivity index (χ4n) is 2.79. The van der Waals surface area contributed by atoms with Gasteiger partial charge in [-0.2, -0.15) is 0 Å². The zero-order valence-electron chi connectivity index (χ0n) is 16.0. The van der Waals surface area contributed by atoms with Crippen molar-refractivity contribution in [1.82, 2.24) is 9.97 Å². The Morgan fingerprint density at radius 2 is 1.68 bits per heavy atom. The molecule has 0 radical (unpaired) electrons. The number of hydrogen-bond donors (Lipinski definition) is 1. The molecule has 1 aromatic heterocycles. The van der Waals surface area contributed by atoms with Crippen molar-refractivity contribution in [1.29, 1.82) is 0 Å². The summed E-state index contributed by atoms with van der Waals surface area (Å²) in [5, 5.41) is 3.16. The fourth-order valence-corrected chi connectivity index (χ4v) is 2.79. The van der Waals surface area contributed by atoms with Gasteiger partial charge < -0.3 is 14.8 Å². The van der Waals surface area contributed by atoms with E-state index < -0.39 is 0 Å². The van der Waals surface area contributed by atoms with Crippen LogP contribution in [0.4, 0.5) is 11.6 Å². The van der Waals surface area contributed by atoms with Crippen LogP contribution in [0.1, 0.15) is 21.5 Å². The maximum absolute atomic E-state index is 12.1. The highest BCUT2D eigenvalue weighted by molar-refractivity contribution is 5.97. The van der Waals surface area contributed by atoms with Crippen LogP contribution < -0.4 is 10.1 Å². The number of Topliss-reactive ketones (excluding diaryl/α,β-unsaturated/α-hetero) is 1. The van der Waals surface area contributed by atoms with E-state index in [2.05, 4.69) is 15.3 Å². The Hall–Kier alpha value is -3.25. The molecular formula is C22H23N3O3. The molecule has 0 aliphatic carbocycles. The Balaban J connectivity index is 1.65. The van der Waals surface area contributed by atoms with Crippen molar-refractivity contribution in [2.45, 2.75) is 12.8 Å². The van der Waals surface area contributed by atoms with E-state index in [0.29, 0.717) is 17.3 Å². The van der Waals surface area contributed by atoms with Gasteiger partial charge in [0, 0.05) is 30.8 Å². The smallest absolute Gasteiger partial charge is 0.227 e. The number of aromatic nitrogens is 2. The molecule has 0 amide bonds. The number of rotatable bonds is 9. The molecular weight excluding hydrogens is 354 g/mol. The number of methoxy groups -OCH3 is 2. The molecule has 0 fully saturated rings. The highest BCUT2D eigenvalue weighted by Crippen LogP contribution is 2.19. The highest BCUT2D eigenvalue weighted by atomic mass is 16.5. The third-order valence-electron chi connectivity index (χ3n) is 4.24. The first-order valence-electron chi connectivity index (χ1n) is 9.01. The topological polar surface area (TPSA) is 73.3 Å². The Kier molecular flexibility index (Phi) is 6.70. The zero-order chi connectivity index (χ0) is 19.8. The number of carbonyl (C=O) groups is 1. The van der Waals surface area contributed by atoms with Crippen LogP contribution >= 0.6 is 0 Å². The summed E-state index contributed by atoms with van der Waals surface area (Å²) in [5.74, 6) is 1.15. The van der Waals surface area contributed by atoms with E-state index in [-0.39, 0.29) is 12.4 Å². The van der Waals surface area contributed by atoms with Crippen molar-refractivity contribution >= 4 is 17.4 Å². The maximum atomic E-state index is 12.1. The second kappa shape index (κ2) is 9.62. The number of para-hydroxylation sites is 1. The van der Waals surface area contributed by atoms with Gasteiger partial charge in [0.05, 0.1) is 7.11 Å². The van der Waals surface area contributed by atoms with Crippen molar-refractivity contribution in [3.8, 4) is 5.75 Å². The molecule has 0 bridgehead atoms. The van der Waals surface area contributed by atoms with E-state index in [4.69, 9.17) is 9.47 Å². The lowest BCUT2D eigenvalue weighted by Crippen LogP contribution is -2.08. The lowest BCUT2D eigenvalue weighted by atomic mass is 10.0. The van der Waals surface area contributed by atoms with Crippen molar-refractivity contribution in [3.05, 3.63) is 77.6 Å². The third kappa shape index (κ3) is 5.37. The second-order valence-corrected chi connectivity index (χ2v) is 6.33. The van der Waals surface area contributed by atoms with Gasteiger partial charge in [0.25, 0.3) is 0 Å². The first-order chi connectivity index (χ1) is 13.7. The summed E-state index contributed by atoms with van der Waals surface area (Å²) in [4.78, 5) is 20.9. The zero-order valence-corrected chi connectivity index (χ0v) is 16.0. The van der Waals surface area contributed by atoms with Crippen molar-refractivity contribution < 1.29 is 14.3 Å². The van der Waals surface area contributed by atoms with Crippen LogP contribution in [0, 0.1) is 0 Å². The highest BCUT2D eigenvalue weighted by Gasteiger charge is 2.10. The van der Waals surface area contributed by atoms with Crippen LogP contribution in [0.2, 0.25) is 0 Å². The normalized spacial score (nSPS) is 10.5. The number of nitrogens with one attached hydrogen (secondary N) is 1. The molecule has 144 valence electrons. The van der Waals surface area contributed by atoms with E-state index >= 15 is 0 Å². The van der Waals surface area contributed by atoms with Crippen molar-refractivity contribution in [2.24, 2.45) is 0 Å². The Morgan fingerprint density at radius 3 is 2.36 bits per heavy atom. The quantitative estimate of drug-likeness (QED) is 0.571. The summed E-state index contributed by atoms with van der Waals surface area (Å²) in [6.45, 7) is 0.0519. The van der Waals surface area contributed by atoms with Gasteiger partial charge in [0.15, 0.2) is 5.78 Å². The number of anilines is 2. The molecule has 2 aromatic carbocycles. The van der Waals surface area contributed by atoms with E-state index in [1.54, 1.807) is 13.2 Å². The summed E-state index contributed by atoms with van der Waals surface area (Å²) in [6.07, 6.45) is 5.14. The molecule has 3 rings (SSSR count). The van der Waals surface area contributed by atoms with E-state index in [1.807, 2.05) is 54.9 Å². The van der Waals surface area contributed by atoms with Gasteiger partial charge in [-0.3, -0.25) is 4.79 Å². The fraction of sp³-hybridized carbons (Fsp3) is 0.227. The second-order valence-electron chi connectivity index (χ2n) is 6.33. The van der Waals surface area contributed by atoms with Gasteiger partial charge in [0.2, 0.25) is 5.95 Å². The lowest BCUT2D eigenvalue weighted by Gasteiger charge is -2.09. The molecule has 6 heteroatoms. The molecule has 0 unspecified atom stereocenters. The van der Waals surface area contributed by atoms with Crippen LogP contribution in [-0.2, 0) is 17.6 Å². The summed E-state index contributed by atoms with van der Waals surface area (Å²) in [5.41, 5.74) is 3.58.